The number of carbonyl (C=O) groups is 1. The van der Waals surface area contributed by atoms with Crippen LogP contribution in [0.15, 0.2) is 42.6 Å². The molecule has 1 unspecified atom stereocenters. The van der Waals surface area contributed by atoms with Crippen molar-refractivity contribution in [3.8, 4) is 5.75 Å². The Hall–Kier alpha value is -2.30. The molecule has 1 N–H and O–H groups in total. The number of anilines is 1. The quantitative estimate of drug-likeness (QED) is 0.894. The molecule has 2 rings (SSSR count). The molecule has 0 saturated heterocycles. The van der Waals surface area contributed by atoms with Gasteiger partial charge in [0.2, 0.25) is 0 Å². The molecule has 18 heavy (non-hydrogen) atoms. The molecule has 5 heteroatoms. The zero-order chi connectivity index (χ0) is 13.0. The first kappa shape index (κ1) is 12.2. The Bertz CT molecular complexity index is 522. The first-order chi connectivity index (χ1) is 8.65. The fraction of sp³-hybridized carbons (Fsp3) is 0.231. The lowest BCUT2D eigenvalue weighted by atomic mass is 10.3. The van der Waals surface area contributed by atoms with E-state index in [1.165, 1.54) is 0 Å². The molecule has 0 spiro atoms. The van der Waals surface area contributed by atoms with E-state index < -0.39 is 6.10 Å². The van der Waals surface area contributed by atoms with Crippen molar-refractivity contribution < 1.29 is 9.53 Å². The van der Waals surface area contributed by atoms with Crippen LogP contribution in [0.2, 0.25) is 0 Å². The predicted molar refractivity (Wildman–Crippen MR) is 68.4 cm³/mol. The van der Waals surface area contributed by atoms with Gasteiger partial charge in [-0.15, -0.1) is 0 Å². The average molecular weight is 245 g/mol. The lowest BCUT2D eigenvalue weighted by molar-refractivity contribution is -0.122. The van der Waals surface area contributed by atoms with Crippen LogP contribution in [0.3, 0.4) is 0 Å². The minimum atomic E-state index is -0.575. The Morgan fingerprint density at radius 1 is 1.33 bits per heavy atom. The van der Waals surface area contributed by atoms with Gasteiger partial charge in [0.05, 0.1) is 0 Å². The van der Waals surface area contributed by atoms with Crippen LogP contribution in [0.5, 0.6) is 5.75 Å². The molecule has 0 bridgehead atoms. The molecule has 0 saturated carbocycles. The van der Waals surface area contributed by atoms with Crippen LogP contribution in [0.25, 0.3) is 0 Å². The van der Waals surface area contributed by atoms with Crippen LogP contribution in [-0.4, -0.2) is 21.8 Å². The van der Waals surface area contributed by atoms with Crippen molar-refractivity contribution in [2.75, 3.05) is 5.32 Å². The summed E-state index contributed by atoms with van der Waals surface area (Å²) >= 11 is 0. The standard InChI is InChI=1S/C13H15N3O2/c1-10(18-11-6-4-3-5-7-11)13(17)14-12-8-9-16(2)15-12/h3-10H,1-2H3,(H,14,15,17). The van der Waals surface area contributed by atoms with E-state index in [1.807, 2.05) is 30.3 Å². The van der Waals surface area contributed by atoms with Crippen LogP contribution < -0.4 is 10.1 Å². The van der Waals surface area contributed by atoms with E-state index >= 15 is 0 Å². The van der Waals surface area contributed by atoms with Crippen molar-refractivity contribution in [3.63, 3.8) is 0 Å². The number of nitrogens with zero attached hydrogens (tertiary/aromatic N) is 2. The largest absolute Gasteiger partial charge is 0.481 e. The number of nitrogens with one attached hydrogen (secondary N) is 1. The average Bonchev–Trinajstić information content (AvgIpc) is 2.76. The number of hydrogen-bond acceptors (Lipinski definition) is 3. The minimum absolute atomic E-state index is 0.224. The summed E-state index contributed by atoms with van der Waals surface area (Å²) in [5, 5.41) is 6.76. The number of aromatic nitrogens is 2. The molecule has 0 aliphatic carbocycles. The highest BCUT2D eigenvalue weighted by Gasteiger charge is 2.15. The monoisotopic (exact) mass is 245 g/mol. The molecule has 1 atom stereocenters. The lowest BCUT2D eigenvalue weighted by Gasteiger charge is -2.13. The Morgan fingerprint density at radius 2 is 2.06 bits per heavy atom. The smallest absolute Gasteiger partial charge is 0.266 e. The maximum Gasteiger partial charge on any atom is 0.266 e. The Balaban J connectivity index is 1.93. The van der Waals surface area contributed by atoms with Gasteiger partial charge in [-0.3, -0.25) is 9.48 Å². The molecular weight excluding hydrogens is 230 g/mol. The fourth-order valence-corrected chi connectivity index (χ4v) is 1.47. The number of benzene rings is 1. The molecule has 0 radical (unpaired) electrons. The Morgan fingerprint density at radius 3 is 2.67 bits per heavy atom. The van der Waals surface area contributed by atoms with Crippen LogP contribution in [-0.2, 0) is 11.8 Å². The molecule has 0 aliphatic rings. The van der Waals surface area contributed by atoms with Crippen molar-refractivity contribution in [2.24, 2.45) is 7.05 Å². The molecule has 1 heterocycles. The molecule has 1 aromatic carbocycles. The normalized spacial score (nSPS) is 11.9. The lowest BCUT2D eigenvalue weighted by Crippen LogP contribution is -2.30. The van der Waals surface area contributed by atoms with Gasteiger partial charge in [0.25, 0.3) is 5.91 Å². The Labute approximate surface area is 105 Å². The third-order valence-electron chi connectivity index (χ3n) is 2.39. The second kappa shape index (κ2) is 5.35. The number of para-hydroxylation sites is 1. The van der Waals surface area contributed by atoms with Crippen molar-refractivity contribution in [1.29, 1.82) is 0 Å². The van der Waals surface area contributed by atoms with Crippen molar-refractivity contribution in [1.82, 2.24) is 9.78 Å². The van der Waals surface area contributed by atoms with Gasteiger partial charge >= 0.3 is 0 Å². The maximum atomic E-state index is 11.8. The third-order valence-corrected chi connectivity index (χ3v) is 2.39. The summed E-state index contributed by atoms with van der Waals surface area (Å²) in [5.74, 6) is 0.963. The van der Waals surface area contributed by atoms with Gasteiger partial charge in [-0.25, -0.2) is 0 Å². The Kier molecular flexibility index (Phi) is 3.62. The number of aryl methyl sites for hydroxylation is 1. The summed E-state index contributed by atoms with van der Waals surface area (Å²) < 4.78 is 7.13. The van der Waals surface area contributed by atoms with E-state index in [1.54, 1.807) is 30.9 Å². The van der Waals surface area contributed by atoms with Crippen LogP contribution in [0.4, 0.5) is 5.82 Å². The van der Waals surface area contributed by atoms with Gasteiger partial charge < -0.3 is 10.1 Å². The highest BCUT2D eigenvalue weighted by atomic mass is 16.5. The fourth-order valence-electron chi connectivity index (χ4n) is 1.47. The first-order valence-electron chi connectivity index (χ1n) is 5.67. The highest BCUT2D eigenvalue weighted by molar-refractivity contribution is 5.93. The number of amides is 1. The zero-order valence-corrected chi connectivity index (χ0v) is 10.3. The summed E-state index contributed by atoms with van der Waals surface area (Å²) in [6.07, 6.45) is 1.19. The third kappa shape index (κ3) is 3.10. The topological polar surface area (TPSA) is 56.1 Å². The molecule has 0 fully saturated rings. The number of rotatable bonds is 4. The van der Waals surface area contributed by atoms with E-state index in [0.29, 0.717) is 11.6 Å². The van der Waals surface area contributed by atoms with Crippen molar-refractivity contribution in [3.05, 3.63) is 42.6 Å². The van der Waals surface area contributed by atoms with E-state index in [-0.39, 0.29) is 5.91 Å². The van der Waals surface area contributed by atoms with Gasteiger partial charge in [-0.2, -0.15) is 5.10 Å². The summed E-state index contributed by atoms with van der Waals surface area (Å²) in [7, 11) is 1.79. The van der Waals surface area contributed by atoms with Crippen LogP contribution >= 0.6 is 0 Å². The molecule has 1 aromatic heterocycles. The number of hydrogen-bond donors (Lipinski definition) is 1. The van der Waals surface area contributed by atoms with E-state index in [0.717, 1.165) is 0 Å². The molecule has 1 amide bonds. The van der Waals surface area contributed by atoms with Gasteiger partial charge in [-0.05, 0) is 19.1 Å². The molecule has 2 aromatic rings. The van der Waals surface area contributed by atoms with E-state index in [2.05, 4.69) is 10.4 Å². The molecule has 5 nitrogen and oxygen atoms in total. The second-order valence-electron chi connectivity index (χ2n) is 3.94. The summed E-state index contributed by atoms with van der Waals surface area (Å²) in [6.45, 7) is 1.70. The van der Waals surface area contributed by atoms with Gasteiger partial charge in [0.15, 0.2) is 11.9 Å². The van der Waals surface area contributed by atoms with E-state index in [4.69, 9.17) is 4.74 Å². The van der Waals surface area contributed by atoms with Crippen molar-refractivity contribution in [2.45, 2.75) is 13.0 Å². The predicted octanol–water partition coefficient (Wildman–Crippen LogP) is 1.83. The number of ether oxygens (including phenoxy) is 1. The molecule has 0 aliphatic heterocycles. The van der Waals surface area contributed by atoms with Gasteiger partial charge in [0.1, 0.15) is 5.75 Å². The van der Waals surface area contributed by atoms with Gasteiger partial charge in [0, 0.05) is 19.3 Å². The van der Waals surface area contributed by atoms with Crippen LogP contribution in [0, 0.1) is 0 Å². The van der Waals surface area contributed by atoms with Crippen LogP contribution in [0.1, 0.15) is 6.92 Å². The minimum Gasteiger partial charge on any atom is -0.481 e. The first-order valence-corrected chi connectivity index (χ1v) is 5.67. The zero-order valence-electron chi connectivity index (χ0n) is 10.3. The molecular formula is C13H15N3O2. The summed E-state index contributed by atoms with van der Waals surface area (Å²) in [5.41, 5.74) is 0. The highest BCUT2D eigenvalue weighted by Crippen LogP contribution is 2.11. The summed E-state index contributed by atoms with van der Waals surface area (Å²) in [6, 6.07) is 11.0. The second-order valence-corrected chi connectivity index (χ2v) is 3.94. The maximum absolute atomic E-state index is 11.8. The SMILES string of the molecule is CC(Oc1ccccc1)C(=O)Nc1ccn(C)n1. The molecule has 94 valence electrons. The summed E-state index contributed by atoms with van der Waals surface area (Å²) in [4.78, 5) is 11.8. The number of carbonyl (C=O) groups excluding carboxylic acids is 1. The van der Waals surface area contributed by atoms with Crippen molar-refractivity contribution >= 4 is 11.7 Å². The van der Waals surface area contributed by atoms with E-state index in [9.17, 15) is 4.79 Å². The van der Waals surface area contributed by atoms with Gasteiger partial charge in [-0.1, -0.05) is 18.2 Å².